The molecule has 4 nitrogen and oxygen atoms in total. The SMILES string of the molecule is c1ccc(-c2ccc(-c3cc(-c4cccc5c4oc4c5ccc5c6ccccc6n(-c6ccccc6)c54)nc(-c4ccc5sc6ccccc6c5c4)n3)cc2)cc1. The maximum absolute atomic E-state index is 7.11. The third-order valence-electron chi connectivity index (χ3n) is 11.2. The van der Waals surface area contributed by atoms with Crippen molar-refractivity contribution in [3.05, 3.63) is 188 Å². The van der Waals surface area contributed by atoms with E-state index in [9.17, 15) is 0 Å². The molecule has 0 radical (unpaired) electrons. The van der Waals surface area contributed by atoms with Crippen molar-refractivity contribution in [1.82, 2.24) is 14.5 Å². The predicted molar refractivity (Wildman–Crippen MR) is 238 cm³/mol. The second-order valence-electron chi connectivity index (χ2n) is 14.5. The molecule has 0 saturated heterocycles. The van der Waals surface area contributed by atoms with Crippen LogP contribution in [0.3, 0.4) is 0 Å². The summed E-state index contributed by atoms with van der Waals surface area (Å²) in [4.78, 5) is 10.6. The largest absolute Gasteiger partial charge is 0.453 e. The first-order chi connectivity index (χ1) is 28.2. The summed E-state index contributed by atoms with van der Waals surface area (Å²) in [5.74, 6) is 0.673. The first-order valence-corrected chi connectivity index (χ1v) is 20.0. The molecule has 0 aliphatic rings. The Morgan fingerprint density at radius 2 is 1.04 bits per heavy atom. The quantitative estimate of drug-likeness (QED) is 0.176. The van der Waals surface area contributed by atoms with Crippen molar-refractivity contribution < 1.29 is 4.42 Å². The zero-order valence-electron chi connectivity index (χ0n) is 30.6. The average Bonchev–Trinajstić information content (AvgIpc) is 3.96. The Morgan fingerprint density at radius 1 is 0.404 bits per heavy atom. The zero-order chi connectivity index (χ0) is 37.5. The fourth-order valence-electron chi connectivity index (χ4n) is 8.54. The van der Waals surface area contributed by atoms with E-state index in [1.165, 1.54) is 31.1 Å². The van der Waals surface area contributed by atoms with Gasteiger partial charge in [0.1, 0.15) is 5.58 Å². The number of para-hydroxylation sites is 3. The van der Waals surface area contributed by atoms with Crippen LogP contribution in [0.15, 0.2) is 192 Å². The van der Waals surface area contributed by atoms with Crippen molar-refractivity contribution in [2.45, 2.75) is 0 Å². The molecule has 0 aliphatic carbocycles. The highest BCUT2D eigenvalue weighted by Gasteiger charge is 2.22. The Kier molecular flexibility index (Phi) is 7.06. The van der Waals surface area contributed by atoms with E-state index in [2.05, 4.69) is 187 Å². The van der Waals surface area contributed by atoms with Crippen LogP contribution in [0.25, 0.3) is 115 Å². The number of furan rings is 1. The van der Waals surface area contributed by atoms with Crippen LogP contribution in [-0.2, 0) is 0 Å². The van der Waals surface area contributed by atoms with Gasteiger partial charge < -0.3 is 8.98 Å². The molecule has 266 valence electrons. The minimum absolute atomic E-state index is 0.673. The highest BCUT2D eigenvalue weighted by molar-refractivity contribution is 7.25. The summed E-state index contributed by atoms with van der Waals surface area (Å²) in [5.41, 5.74) is 11.9. The molecule has 8 aromatic carbocycles. The lowest BCUT2D eigenvalue weighted by Crippen LogP contribution is -1.96. The highest BCUT2D eigenvalue weighted by atomic mass is 32.1. The molecule has 0 unspecified atom stereocenters. The molecule has 57 heavy (non-hydrogen) atoms. The summed E-state index contributed by atoms with van der Waals surface area (Å²) >= 11 is 1.81. The van der Waals surface area contributed by atoms with Crippen molar-refractivity contribution in [1.29, 1.82) is 0 Å². The minimum Gasteiger partial charge on any atom is -0.453 e. The molecule has 5 heteroatoms. The van der Waals surface area contributed by atoms with Gasteiger partial charge in [0.2, 0.25) is 0 Å². The molecule has 4 heterocycles. The van der Waals surface area contributed by atoms with Gasteiger partial charge in [-0.15, -0.1) is 11.3 Å². The summed E-state index contributed by atoms with van der Waals surface area (Å²) in [6.07, 6.45) is 0. The molecule has 12 rings (SSSR count). The van der Waals surface area contributed by atoms with Crippen molar-refractivity contribution in [2.24, 2.45) is 0 Å². The Morgan fingerprint density at radius 3 is 1.89 bits per heavy atom. The number of aromatic nitrogens is 3. The zero-order valence-corrected chi connectivity index (χ0v) is 31.4. The van der Waals surface area contributed by atoms with Crippen LogP contribution in [-0.4, -0.2) is 14.5 Å². The third-order valence-corrected chi connectivity index (χ3v) is 12.4. The van der Waals surface area contributed by atoms with Gasteiger partial charge in [0.25, 0.3) is 0 Å². The van der Waals surface area contributed by atoms with Gasteiger partial charge in [-0.05, 0) is 71.8 Å². The van der Waals surface area contributed by atoms with Crippen LogP contribution in [0.5, 0.6) is 0 Å². The Balaban J connectivity index is 1.09. The molecule has 0 saturated carbocycles. The van der Waals surface area contributed by atoms with E-state index in [1.807, 2.05) is 17.4 Å². The summed E-state index contributed by atoms with van der Waals surface area (Å²) in [5, 5.41) is 6.93. The van der Waals surface area contributed by atoms with Crippen LogP contribution >= 0.6 is 11.3 Å². The number of thiophene rings is 1. The Bertz CT molecular complexity index is 3510. The van der Waals surface area contributed by atoms with Gasteiger partial charge in [-0.3, -0.25) is 0 Å². The Hall–Kier alpha value is -7.34. The van der Waals surface area contributed by atoms with Gasteiger partial charge in [0, 0.05) is 64.1 Å². The van der Waals surface area contributed by atoms with Gasteiger partial charge in [-0.25, -0.2) is 9.97 Å². The number of fused-ring (bicyclic) bond motifs is 10. The Labute approximate surface area is 331 Å². The normalized spacial score (nSPS) is 11.9. The van der Waals surface area contributed by atoms with E-state index in [0.717, 1.165) is 77.7 Å². The van der Waals surface area contributed by atoms with Crippen molar-refractivity contribution >= 4 is 75.3 Å². The molecular weight excluding hydrogens is 715 g/mol. The maximum Gasteiger partial charge on any atom is 0.160 e. The molecule has 0 atom stereocenters. The lowest BCUT2D eigenvalue weighted by Gasteiger charge is -2.11. The number of rotatable bonds is 5. The summed E-state index contributed by atoms with van der Waals surface area (Å²) in [7, 11) is 0. The van der Waals surface area contributed by atoms with Crippen LogP contribution in [0.4, 0.5) is 0 Å². The lowest BCUT2D eigenvalue weighted by atomic mass is 10.0. The number of hydrogen-bond acceptors (Lipinski definition) is 4. The number of benzene rings is 8. The van der Waals surface area contributed by atoms with E-state index in [0.29, 0.717) is 5.82 Å². The van der Waals surface area contributed by atoms with Crippen LogP contribution in [0.1, 0.15) is 0 Å². The monoisotopic (exact) mass is 745 g/mol. The molecule has 0 amide bonds. The molecule has 0 aliphatic heterocycles. The molecule has 0 fully saturated rings. The predicted octanol–water partition coefficient (Wildman–Crippen LogP) is 14.5. The summed E-state index contributed by atoms with van der Waals surface area (Å²) in [6, 6.07) is 66.5. The molecule has 0 N–H and O–H groups in total. The van der Waals surface area contributed by atoms with Crippen LogP contribution in [0, 0.1) is 0 Å². The molecule has 0 bridgehead atoms. The minimum atomic E-state index is 0.673. The second-order valence-corrected chi connectivity index (χ2v) is 15.6. The first-order valence-electron chi connectivity index (χ1n) is 19.1. The fraction of sp³-hybridized carbons (Fsp3) is 0. The summed E-state index contributed by atoms with van der Waals surface area (Å²) < 4.78 is 12.0. The molecular formula is C52H31N3OS. The second kappa shape index (κ2) is 12.6. The van der Waals surface area contributed by atoms with Gasteiger partial charge in [-0.2, -0.15) is 0 Å². The molecule has 0 spiro atoms. The van der Waals surface area contributed by atoms with E-state index in [1.54, 1.807) is 0 Å². The van der Waals surface area contributed by atoms with Gasteiger partial charge in [0.05, 0.1) is 22.4 Å². The van der Waals surface area contributed by atoms with E-state index >= 15 is 0 Å². The van der Waals surface area contributed by atoms with Gasteiger partial charge >= 0.3 is 0 Å². The summed E-state index contributed by atoms with van der Waals surface area (Å²) in [6.45, 7) is 0. The third kappa shape index (κ3) is 5.06. The van der Waals surface area contributed by atoms with Crippen molar-refractivity contribution in [3.8, 4) is 50.7 Å². The highest BCUT2D eigenvalue weighted by Crippen LogP contribution is 2.43. The molecule has 12 aromatic rings. The molecule has 4 aromatic heterocycles. The van der Waals surface area contributed by atoms with E-state index in [-0.39, 0.29) is 0 Å². The van der Waals surface area contributed by atoms with Gasteiger partial charge in [0.15, 0.2) is 11.4 Å². The van der Waals surface area contributed by atoms with Crippen LogP contribution in [0.2, 0.25) is 0 Å². The van der Waals surface area contributed by atoms with Crippen molar-refractivity contribution in [2.75, 3.05) is 0 Å². The smallest absolute Gasteiger partial charge is 0.160 e. The van der Waals surface area contributed by atoms with E-state index in [4.69, 9.17) is 14.4 Å². The first kappa shape index (κ1) is 32.0. The maximum atomic E-state index is 7.11. The van der Waals surface area contributed by atoms with Gasteiger partial charge in [-0.1, -0.05) is 127 Å². The number of nitrogens with zero attached hydrogens (tertiary/aromatic N) is 3. The average molecular weight is 746 g/mol. The van der Waals surface area contributed by atoms with Crippen LogP contribution < -0.4 is 0 Å². The van der Waals surface area contributed by atoms with E-state index < -0.39 is 0 Å². The lowest BCUT2D eigenvalue weighted by molar-refractivity contribution is 0.672. The van der Waals surface area contributed by atoms with Crippen molar-refractivity contribution in [3.63, 3.8) is 0 Å². The topological polar surface area (TPSA) is 43.9 Å². The number of hydrogen-bond donors (Lipinski definition) is 0. The fourth-order valence-corrected chi connectivity index (χ4v) is 9.63. The standard InChI is InChI=1S/C52H31N3OS/c1-3-12-32(13-4-1)33-22-24-34(25-23-33)44-31-45(54-52(53-44)35-26-29-48-43(30-35)38-17-8-10-21-47(38)57-48)42-19-11-18-40-41-28-27-39-37-16-7-9-20-46(37)55(36-14-5-2-6-15-36)49(39)51(41)56-50(40)42/h1-31H.